The van der Waals surface area contributed by atoms with Crippen molar-refractivity contribution in [3.63, 3.8) is 0 Å². The van der Waals surface area contributed by atoms with Crippen molar-refractivity contribution in [2.45, 2.75) is 48.9 Å². The molecule has 13 heteroatoms. The van der Waals surface area contributed by atoms with Crippen LogP contribution in [0.1, 0.15) is 45.7 Å². The predicted octanol–water partition coefficient (Wildman–Crippen LogP) is 4.57. The number of aromatic nitrogens is 2. The van der Waals surface area contributed by atoms with Crippen LogP contribution in [-0.4, -0.2) is 83.3 Å². The Bertz CT molecular complexity index is 1750. The van der Waals surface area contributed by atoms with Crippen LogP contribution in [-0.2, 0) is 28.2 Å². The Balaban J connectivity index is 1.35. The maximum Gasteiger partial charge on any atom is 0.320 e. The van der Waals surface area contributed by atoms with Crippen molar-refractivity contribution in [3.8, 4) is 11.6 Å². The Morgan fingerprint density at radius 3 is 2.67 bits per heavy atom. The molecule has 0 spiro atoms. The molecular formula is C35H37Cl2N5O6. The Morgan fingerprint density at radius 1 is 1.15 bits per heavy atom. The van der Waals surface area contributed by atoms with Gasteiger partial charge in [0.2, 0.25) is 5.88 Å². The van der Waals surface area contributed by atoms with Crippen LogP contribution in [0, 0.1) is 0 Å². The summed E-state index contributed by atoms with van der Waals surface area (Å²) >= 11 is 14.0. The van der Waals surface area contributed by atoms with Gasteiger partial charge in [-0.25, -0.2) is 4.98 Å². The fourth-order valence-corrected chi connectivity index (χ4v) is 6.98. The lowest BCUT2D eigenvalue weighted by molar-refractivity contribution is -0.142. The molecule has 3 aliphatic rings. The monoisotopic (exact) mass is 693 g/mol. The Labute approximate surface area is 288 Å². The lowest BCUT2D eigenvalue weighted by Gasteiger charge is -2.39. The number of carbonyl (C=O) groups is 2. The molecule has 6 rings (SSSR count). The van der Waals surface area contributed by atoms with E-state index in [2.05, 4.69) is 15.6 Å². The number of hydrogen-bond donors (Lipinski definition) is 3. The minimum Gasteiger partial charge on any atom is -0.496 e. The summed E-state index contributed by atoms with van der Waals surface area (Å²) in [6.07, 6.45) is 8.47. The number of pyridine rings is 2. The van der Waals surface area contributed by atoms with E-state index < -0.39 is 28.8 Å². The molecule has 0 radical (unpaired) electrons. The quantitative estimate of drug-likeness (QED) is 0.232. The van der Waals surface area contributed by atoms with Crippen molar-refractivity contribution in [3.05, 3.63) is 100.0 Å². The number of methoxy groups -OCH3 is 2. The van der Waals surface area contributed by atoms with E-state index in [0.29, 0.717) is 78.3 Å². The lowest BCUT2D eigenvalue weighted by atomic mass is 9.80. The zero-order valence-electron chi connectivity index (χ0n) is 26.6. The normalized spacial score (nSPS) is 22.5. The SMILES string of the molecule is COc1cc(C(=O)NC2(c3ccc(CN4CCC[C@H]4C(=O)O)c(OC)n3)C=CC=C(c3ccccc3Cl)C2Cl)ncc1CNC1COC1. The van der Waals surface area contributed by atoms with Gasteiger partial charge in [-0.2, -0.15) is 0 Å². The summed E-state index contributed by atoms with van der Waals surface area (Å²) in [7, 11) is 3.06. The molecule has 2 unspecified atom stereocenters. The number of allylic oxidation sites excluding steroid dienone is 2. The Morgan fingerprint density at radius 2 is 1.96 bits per heavy atom. The molecule has 2 aliphatic heterocycles. The van der Waals surface area contributed by atoms with Crippen LogP contribution < -0.4 is 20.1 Å². The van der Waals surface area contributed by atoms with Crippen molar-refractivity contribution in [2.75, 3.05) is 34.0 Å². The van der Waals surface area contributed by atoms with E-state index in [1.165, 1.54) is 7.11 Å². The van der Waals surface area contributed by atoms with Gasteiger partial charge < -0.3 is 30.0 Å². The molecule has 2 fully saturated rings. The third-order valence-electron chi connectivity index (χ3n) is 9.01. The van der Waals surface area contributed by atoms with Gasteiger partial charge in [0.1, 0.15) is 23.0 Å². The highest BCUT2D eigenvalue weighted by atomic mass is 35.5. The highest BCUT2D eigenvalue weighted by Crippen LogP contribution is 2.43. The molecular weight excluding hydrogens is 657 g/mol. The third kappa shape index (κ3) is 6.79. The van der Waals surface area contributed by atoms with E-state index in [9.17, 15) is 14.7 Å². The molecule has 2 aromatic heterocycles. The van der Waals surface area contributed by atoms with Gasteiger partial charge in [0.05, 0.1) is 44.5 Å². The van der Waals surface area contributed by atoms with Crippen molar-refractivity contribution in [2.24, 2.45) is 0 Å². The zero-order valence-corrected chi connectivity index (χ0v) is 28.1. The molecule has 1 amide bonds. The molecule has 3 atom stereocenters. The van der Waals surface area contributed by atoms with Gasteiger partial charge >= 0.3 is 5.97 Å². The molecule has 1 aliphatic carbocycles. The topological polar surface area (TPSA) is 135 Å². The summed E-state index contributed by atoms with van der Waals surface area (Å²) in [6, 6.07) is 12.3. The number of rotatable bonds is 12. The van der Waals surface area contributed by atoms with Gasteiger partial charge in [-0.3, -0.25) is 19.5 Å². The first-order chi connectivity index (χ1) is 23.2. The van der Waals surface area contributed by atoms with Gasteiger partial charge in [-0.1, -0.05) is 54.1 Å². The van der Waals surface area contributed by atoms with E-state index in [1.54, 1.807) is 37.6 Å². The number of hydrogen-bond acceptors (Lipinski definition) is 9. The number of aliphatic carboxylic acids is 1. The van der Waals surface area contributed by atoms with Crippen LogP contribution in [0.2, 0.25) is 5.02 Å². The van der Waals surface area contributed by atoms with Gasteiger partial charge in [-0.15, -0.1) is 11.6 Å². The van der Waals surface area contributed by atoms with Crippen LogP contribution in [0.5, 0.6) is 11.6 Å². The molecule has 48 heavy (non-hydrogen) atoms. The minimum absolute atomic E-state index is 0.130. The van der Waals surface area contributed by atoms with E-state index in [-0.39, 0.29) is 11.7 Å². The molecule has 3 aromatic rings. The number of nitrogens with zero attached hydrogens (tertiary/aromatic N) is 3. The fraction of sp³-hybridized carbons (Fsp3) is 0.371. The van der Waals surface area contributed by atoms with Gasteiger partial charge in [-0.05, 0) is 42.7 Å². The number of nitrogens with one attached hydrogen (secondary N) is 2. The summed E-state index contributed by atoms with van der Waals surface area (Å²) in [5.74, 6) is -0.531. The third-order valence-corrected chi connectivity index (χ3v) is 9.92. The first-order valence-electron chi connectivity index (χ1n) is 15.7. The predicted molar refractivity (Wildman–Crippen MR) is 181 cm³/mol. The maximum absolute atomic E-state index is 14.1. The number of carboxylic acid groups (broad SMARTS) is 1. The highest BCUT2D eigenvalue weighted by Gasteiger charge is 2.45. The molecule has 0 bridgehead atoms. The largest absolute Gasteiger partial charge is 0.496 e. The fourth-order valence-electron chi connectivity index (χ4n) is 6.31. The Kier molecular flexibility index (Phi) is 10.3. The second kappa shape index (κ2) is 14.6. The smallest absolute Gasteiger partial charge is 0.320 e. The molecule has 3 N–H and O–H groups in total. The average molecular weight is 695 g/mol. The van der Waals surface area contributed by atoms with Crippen LogP contribution in [0.25, 0.3) is 5.57 Å². The highest BCUT2D eigenvalue weighted by molar-refractivity contribution is 6.34. The maximum atomic E-state index is 14.1. The number of ether oxygens (including phenoxy) is 3. The standard InChI is InChI=1S/C35H37Cl2N5O6/c1-46-29-15-27(39-17-22(29)16-38-23-19-48-20-23)32(43)41-35(13-5-8-25(31(35)37)24-7-3-4-9-26(24)36)30-12-11-21(33(40-30)47-2)18-42-14-6-10-28(42)34(44)45/h3-5,7-9,11-13,15,17,23,28,31,38H,6,10,14,16,18-20H2,1-2H3,(H,41,43)(H,44,45)/t28-,31?,35?/m0/s1. The molecule has 2 saturated heterocycles. The van der Waals surface area contributed by atoms with E-state index in [1.807, 2.05) is 41.3 Å². The minimum atomic E-state index is -1.37. The second-order valence-electron chi connectivity index (χ2n) is 12.0. The van der Waals surface area contributed by atoms with E-state index in [0.717, 1.165) is 12.0 Å². The Hall–Kier alpha value is -4.00. The van der Waals surface area contributed by atoms with E-state index in [4.69, 9.17) is 42.4 Å². The van der Waals surface area contributed by atoms with Crippen molar-refractivity contribution in [1.82, 2.24) is 25.5 Å². The molecule has 1 aromatic carbocycles. The van der Waals surface area contributed by atoms with Crippen LogP contribution in [0.3, 0.4) is 0 Å². The molecule has 11 nitrogen and oxygen atoms in total. The number of carbonyl (C=O) groups excluding carboxylic acids is 1. The first-order valence-corrected chi connectivity index (χ1v) is 16.5. The zero-order chi connectivity index (χ0) is 33.8. The molecule has 0 saturated carbocycles. The summed E-state index contributed by atoms with van der Waals surface area (Å²) in [5, 5.41) is 15.9. The number of amides is 1. The number of likely N-dealkylation sites (tertiary alicyclic amines) is 1. The molecule has 252 valence electrons. The number of carboxylic acids is 1. The van der Waals surface area contributed by atoms with Crippen LogP contribution in [0.15, 0.2) is 66.9 Å². The number of halogens is 2. The van der Waals surface area contributed by atoms with Crippen molar-refractivity contribution < 1.29 is 28.9 Å². The van der Waals surface area contributed by atoms with E-state index >= 15 is 0 Å². The lowest BCUT2D eigenvalue weighted by Crippen LogP contribution is -2.52. The van der Waals surface area contributed by atoms with Crippen LogP contribution in [0.4, 0.5) is 0 Å². The molecule has 4 heterocycles. The number of benzene rings is 1. The summed E-state index contributed by atoms with van der Waals surface area (Å²) in [5.41, 5.74) is 2.09. The van der Waals surface area contributed by atoms with Gasteiger partial charge in [0.15, 0.2) is 0 Å². The summed E-state index contributed by atoms with van der Waals surface area (Å²) in [4.78, 5) is 37.2. The summed E-state index contributed by atoms with van der Waals surface area (Å²) < 4.78 is 16.6. The average Bonchev–Trinajstić information content (AvgIpc) is 3.54. The van der Waals surface area contributed by atoms with Crippen LogP contribution >= 0.6 is 23.2 Å². The van der Waals surface area contributed by atoms with Crippen molar-refractivity contribution >= 4 is 40.7 Å². The van der Waals surface area contributed by atoms with Gasteiger partial charge in [0.25, 0.3) is 5.91 Å². The second-order valence-corrected chi connectivity index (χ2v) is 12.8. The first kappa shape index (κ1) is 33.9. The number of alkyl halides is 1. The van der Waals surface area contributed by atoms with Crippen molar-refractivity contribution in [1.29, 1.82) is 0 Å². The van der Waals surface area contributed by atoms with Gasteiger partial charge in [0, 0.05) is 41.5 Å². The summed E-state index contributed by atoms with van der Waals surface area (Å²) in [6.45, 7) is 2.81.